The molecule has 0 atom stereocenters. The van der Waals surface area contributed by atoms with E-state index < -0.39 is 0 Å². The van der Waals surface area contributed by atoms with E-state index in [-0.39, 0.29) is 10.8 Å². The van der Waals surface area contributed by atoms with Gasteiger partial charge in [-0.05, 0) is 205 Å². The van der Waals surface area contributed by atoms with Gasteiger partial charge < -0.3 is 4.57 Å². The second kappa shape index (κ2) is 27.6. The van der Waals surface area contributed by atoms with Crippen molar-refractivity contribution in [1.82, 2.24) is 34.5 Å². The van der Waals surface area contributed by atoms with Crippen molar-refractivity contribution >= 4 is 102 Å². The van der Waals surface area contributed by atoms with Gasteiger partial charge in [0.15, 0.2) is 34.9 Å². The van der Waals surface area contributed by atoms with Gasteiger partial charge in [0.25, 0.3) is 0 Å². The lowest BCUT2D eigenvalue weighted by molar-refractivity contribution is 0.659. The molecular weight excluding hydrogens is 1490 g/mol. The van der Waals surface area contributed by atoms with Crippen LogP contribution in [0, 0.1) is 0 Å². The van der Waals surface area contributed by atoms with Gasteiger partial charge in [-0.3, -0.25) is 0 Å². The molecule has 552 valence electrons. The second-order valence-electron chi connectivity index (χ2n) is 32.1. The summed E-state index contributed by atoms with van der Waals surface area (Å²) in [5, 5.41) is 18.2. The van der Waals surface area contributed by atoms with E-state index in [1.165, 1.54) is 153 Å². The van der Waals surface area contributed by atoms with Gasteiger partial charge in [-0.1, -0.05) is 341 Å². The molecule has 117 heavy (non-hydrogen) atoms. The van der Waals surface area contributed by atoms with Gasteiger partial charge in [-0.15, -0.1) is 0 Å². The molecule has 0 bridgehead atoms. The third kappa shape index (κ3) is 11.6. The zero-order valence-corrected chi connectivity index (χ0v) is 66.4. The third-order valence-corrected chi connectivity index (χ3v) is 25.1. The van der Waals surface area contributed by atoms with Crippen molar-refractivity contribution in [2.75, 3.05) is 0 Å². The Bertz CT molecular complexity index is 7550. The molecule has 18 aromatic carbocycles. The van der Waals surface area contributed by atoms with Crippen molar-refractivity contribution in [3.05, 3.63) is 402 Å². The Kier molecular flexibility index (Phi) is 16.4. The fourth-order valence-corrected chi connectivity index (χ4v) is 19.4. The quantitative estimate of drug-likeness (QED) is 0.148. The largest absolute Gasteiger partial charge is 0.309 e. The molecule has 7 nitrogen and oxygen atoms in total. The lowest BCUT2D eigenvalue weighted by Gasteiger charge is -2.22. The Morgan fingerprint density at radius 1 is 0.222 bits per heavy atom. The van der Waals surface area contributed by atoms with Crippen LogP contribution < -0.4 is 0 Å². The van der Waals surface area contributed by atoms with E-state index in [2.05, 4.69) is 296 Å². The van der Waals surface area contributed by atoms with Gasteiger partial charge >= 0.3 is 0 Å². The van der Waals surface area contributed by atoms with Crippen LogP contribution in [-0.4, -0.2) is 34.5 Å². The molecule has 3 aliphatic rings. The number of rotatable bonds is 7. The van der Waals surface area contributed by atoms with Gasteiger partial charge in [-0.2, -0.15) is 0 Å². The van der Waals surface area contributed by atoms with Crippen molar-refractivity contribution in [2.45, 2.75) is 44.9 Å². The second-order valence-corrected chi connectivity index (χ2v) is 33.0. The molecule has 3 aromatic heterocycles. The summed E-state index contributed by atoms with van der Waals surface area (Å²) < 4.78 is 3.46. The number of hydrogen-bond donors (Lipinski definition) is 0. The van der Waals surface area contributed by atoms with Crippen LogP contribution >= 0.6 is 15.9 Å². The van der Waals surface area contributed by atoms with E-state index in [0.717, 1.165) is 50.0 Å². The van der Waals surface area contributed by atoms with Crippen LogP contribution in [0.2, 0.25) is 0 Å². The Morgan fingerprint density at radius 3 is 1.00 bits per heavy atom. The molecule has 0 fully saturated rings. The molecule has 0 amide bonds. The van der Waals surface area contributed by atoms with Crippen LogP contribution in [0.15, 0.2) is 368 Å². The van der Waals surface area contributed by atoms with Crippen LogP contribution in [0.25, 0.3) is 194 Å². The molecule has 0 unspecified atom stereocenters. The van der Waals surface area contributed by atoms with Gasteiger partial charge in [0.2, 0.25) is 0 Å². The first-order valence-corrected chi connectivity index (χ1v) is 40.9. The smallest absolute Gasteiger partial charge is 0.164 e. The summed E-state index contributed by atoms with van der Waals surface area (Å²) in [4.78, 5) is 29.3. The van der Waals surface area contributed by atoms with E-state index in [0.29, 0.717) is 34.9 Å². The minimum Gasteiger partial charge on any atom is -0.309 e. The lowest BCUT2D eigenvalue weighted by Crippen LogP contribution is -2.15. The molecule has 0 N–H and O–H groups in total. The summed E-state index contributed by atoms with van der Waals surface area (Å²) in [5.41, 5.74) is 25.9. The van der Waals surface area contributed by atoms with Gasteiger partial charge in [0, 0.05) is 65.1 Å². The number of nitrogens with zero attached hydrogens (tertiary/aromatic N) is 7. The summed E-state index contributed by atoms with van der Waals surface area (Å²) in [7, 11) is 0. The first kappa shape index (κ1) is 69.5. The average Bonchev–Trinajstić information content (AvgIpc) is 1.58. The van der Waals surface area contributed by atoms with Crippen molar-refractivity contribution in [1.29, 1.82) is 0 Å². The molecule has 3 heterocycles. The number of halogens is 1. The van der Waals surface area contributed by atoms with Crippen LogP contribution in [-0.2, 0) is 17.3 Å². The maximum atomic E-state index is 5.11. The van der Waals surface area contributed by atoms with Crippen molar-refractivity contribution in [2.24, 2.45) is 0 Å². The Hall–Kier alpha value is -14.2. The first-order chi connectivity index (χ1) is 57.4. The van der Waals surface area contributed by atoms with Gasteiger partial charge in [0.05, 0.1) is 11.0 Å². The van der Waals surface area contributed by atoms with Gasteiger partial charge in [0.1, 0.15) is 0 Å². The third-order valence-electron chi connectivity index (χ3n) is 24.6. The molecule has 0 radical (unpaired) electrons. The van der Waals surface area contributed by atoms with E-state index in [1.807, 2.05) is 121 Å². The zero-order valence-electron chi connectivity index (χ0n) is 64.9. The van der Waals surface area contributed by atoms with E-state index in [4.69, 9.17) is 24.9 Å². The SMILES string of the molecule is Brc1cccc(-c2nc(-c3ccccc3)nc(-c3ccccc3)n2)c1.CC1(C)c2ccccc2-c2cc3c(cc21)Cc1cc2c4ccccc4c4ccccc4c2cc1-3.CC1(C)c2ccccc2-c2cc3c4cc5c6ccccc6c6ccccc6c5cc4n(-c4cccc(-c5nc(-c6ccccc6)nc(-c6ccccc6)n5)c4)c3cc21. The predicted molar refractivity (Wildman–Crippen MR) is 489 cm³/mol. The maximum absolute atomic E-state index is 5.11. The summed E-state index contributed by atoms with van der Waals surface area (Å²) in [6.07, 6.45) is 1.02. The van der Waals surface area contributed by atoms with Crippen molar-refractivity contribution in [3.63, 3.8) is 0 Å². The molecule has 0 aliphatic heterocycles. The maximum Gasteiger partial charge on any atom is 0.164 e. The normalized spacial score (nSPS) is 13.1. The molecule has 0 saturated carbocycles. The van der Waals surface area contributed by atoms with Crippen LogP contribution in [0.3, 0.4) is 0 Å². The number of hydrogen-bond acceptors (Lipinski definition) is 6. The molecular formula is C109H74BrN7. The summed E-state index contributed by atoms with van der Waals surface area (Å²) in [6, 6.07) is 130. The number of benzene rings is 18. The fraction of sp³-hybridized carbons (Fsp3) is 0.0642. The highest BCUT2D eigenvalue weighted by Gasteiger charge is 2.39. The zero-order chi connectivity index (χ0) is 78.2. The summed E-state index contributed by atoms with van der Waals surface area (Å²) >= 11 is 3.52. The standard InChI is InChI=1S/C54H36N4.C34H24.C21H14BrN3/c1-54(2)47-27-14-13-26-41(47)44-30-46-45-29-42-39-24-11-9-22-37(39)38-23-10-12-25-40(38)43(42)31-49(45)58(50(46)32-48(44)54)36-21-15-20-35(28-36)53-56-51(33-16-5-3-6-17-33)55-52(57-53)34-18-7-4-8-19-34;1-34(2)32-14-8-7-13-26(32)31-19-28-21(17-33(31)34)15-20-16-29-24-11-5-3-9-22(24)23-10-4-6-12-25(23)30(29)18-27(20)28;22-18-13-7-12-17(14-18)21-24-19(15-8-3-1-4-9-15)23-20(25-21)16-10-5-2-6-11-16/h3-32H,1-2H3;3-14,16-19H,15H2,1-2H3;1-14H. The van der Waals surface area contributed by atoms with Crippen molar-refractivity contribution < 1.29 is 0 Å². The van der Waals surface area contributed by atoms with Crippen LogP contribution in [0.1, 0.15) is 61.1 Å². The molecule has 8 heteroatoms. The highest BCUT2D eigenvalue weighted by molar-refractivity contribution is 9.10. The van der Waals surface area contributed by atoms with Crippen molar-refractivity contribution in [3.8, 4) is 107 Å². The van der Waals surface area contributed by atoms with Crippen LogP contribution in [0.4, 0.5) is 0 Å². The van der Waals surface area contributed by atoms with E-state index >= 15 is 0 Å². The fourth-order valence-electron chi connectivity index (χ4n) is 19.0. The first-order valence-electron chi connectivity index (χ1n) is 40.1. The molecule has 0 saturated heterocycles. The van der Waals surface area contributed by atoms with E-state index in [9.17, 15) is 0 Å². The predicted octanol–water partition coefficient (Wildman–Crippen LogP) is 28.4. The molecule has 24 rings (SSSR count). The molecule has 21 aromatic rings. The highest BCUT2D eigenvalue weighted by atomic mass is 79.9. The minimum atomic E-state index is -0.146. The molecule has 0 spiro atoms. The summed E-state index contributed by atoms with van der Waals surface area (Å²) in [5.74, 6) is 3.93. The van der Waals surface area contributed by atoms with Gasteiger partial charge in [-0.25, -0.2) is 29.9 Å². The number of aromatic nitrogens is 7. The van der Waals surface area contributed by atoms with E-state index in [1.54, 1.807) is 0 Å². The Labute approximate surface area is 686 Å². The number of fused-ring (bicyclic) bond motifs is 24. The minimum absolute atomic E-state index is 0.0485. The molecule has 3 aliphatic carbocycles. The highest BCUT2D eigenvalue weighted by Crippen LogP contribution is 2.55. The Morgan fingerprint density at radius 2 is 0.538 bits per heavy atom. The Balaban J connectivity index is 0.000000118. The monoisotopic (exact) mass is 1560 g/mol. The summed E-state index contributed by atoms with van der Waals surface area (Å²) in [6.45, 7) is 9.47. The lowest BCUT2D eigenvalue weighted by atomic mass is 9.81. The van der Waals surface area contributed by atoms with Crippen LogP contribution in [0.5, 0.6) is 0 Å². The average molecular weight is 1560 g/mol. The topological polar surface area (TPSA) is 82.3 Å².